The maximum Gasteiger partial charge on any atom is 0.257 e. The van der Waals surface area contributed by atoms with Gasteiger partial charge in [0.25, 0.3) is 5.91 Å². The van der Waals surface area contributed by atoms with Gasteiger partial charge in [0, 0.05) is 11.1 Å². The molecule has 4 aromatic rings. The molecule has 0 unspecified atom stereocenters. The van der Waals surface area contributed by atoms with Crippen LogP contribution in [0.25, 0.3) is 20.8 Å². The summed E-state index contributed by atoms with van der Waals surface area (Å²) < 4.78 is 11.7. The maximum absolute atomic E-state index is 12.5. The van der Waals surface area contributed by atoms with Crippen molar-refractivity contribution in [2.75, 3.05) is 19.5 Å². The number of methoxy groups -OCH3 is 2. The zero-order chi connectivity index (χ0) is 21.8. The Labute approximate surface area is 188 Å². The summed E-state index contributed by atoms with van der Waals surface area (Å²) in [5.74, 6) is 0.859. The summed E-state index contributed by atoms with van der Waals surface area (Å²) >= 11 is 6.96. The van der Waals surface area contributed by atoms with Crippen molar-refractivity contribution in [2.24, 2.45) is 0 Å². The lowest BCUT2D eigenvalue weighted by Gasteiger charge is -2.14. The van der Waals surface area contributed by atoms with E-state index in [-0.39, 0.29) is 11.0 Å². The van der Waals surface area contributed by atoms with Crippen LogP contribution in [0.2, 0.25) is 0 Å². The second-order valence-corrected chi connectivity index (χ2v) is 7.98. The number of aromatic nitrogens is 1. The number of para-hydroxylation sites is 1. The minimum absolute atomic E-state index is 0.160. The third kappa shape index (κ3) is 4.65. The fraction of sp³-hybridized carbons (Fsp3) is 0.0870. The number of ether oxygens (including phenoxy) is 2. The van der Waals surface area contributed by atoms with Crippen LogP contribution in [0.15, 0.2) is 66.7 Å². The van der Waals surface area contributed by atoms with Gasteiger partial charge < -0.3 is 14.8 Å². The van der Waals surface area contributed by atoms with E-state index in [9.17, 15) is 4.79 Å². The molecule has 0 fully saturated rings. The first-order valence-electron chi connectivity index (χ1n) is 9.38. The van der Waals surface area contributed by atoms with Crippen molar-refractivity contribution in [1.29, 1.82) is 0 Å². The molecule has 0 saturated heterocycles. The number of carbonyl (C=O) groups is 1. The summed E-state index contributed by atoms with van der Waals surface area (Å²) in [6.07, 6.45) is 0. The second kappa shape index (κ2) is 9.11. The van der Waals surface area contributed by atoms with E-state index in [4.69, 9.17) is 26.7 Å². The van der Waals surface area contributed by atoms with Crippen molar-refractivity contribution in [3.63, 3.8) is 0 Å². The standard InChI is InChI=1S/C23H19N3O3S2/c1-28-16-7-5-6-14(12-16)21(27)26-23(30)25-18-13-15(10-11-19(18)29-2)22-24-17-8-3-4-9-20(17)31-22/h3-13H,1-2H3,(H2,25,26,27,30). The normalized spacial score (nSPS) is 10.5. The molecule has 1 aromatic heterocycles. The van der Waals surface area contributed by atoms with Gasteiger partial charge >= 0.3 is 0 Å². The monoisotopic (exact) mass is 449 g/mol. The lowest BCUT2D eigenvalue weighted by atomic mass is 10.2. The van der Waals surface area contributed by atoms with Crippen LogP contribution in [0.5, 0.6) is 11.5 Å². The number of thiazole rings is 1. The molecule has 0 aliphatic heterocycles. The summed E-state index contributed by atoms with van der Waals surface area (Å²) in [6.45, 7) is 0. The van der Waals surface area contributed by atoms with Gasteiger partial charge in [0.2, 0.25) is 0 Å². The van der Waals surface area contributed by atoms with E-state index in [1.54, 1.807) is 49.8 Å². The molecule has 2 N–H and O–H groups in total. The number of nitrogens with zero attached hydrogens (tertiary/aromatic N) is 1. The Bertz CT molecular complexity index is 1240. The average molecular weight is 450 g/mol. The van der Waals surface area contributed by atoms with Gasteiger partial charge in [-0.15, -0.1) is 11.3 Å². The average Bonchev–Trinajstić information content (AvgIpc) is 3.23. The minimum Gasteiger partial charge on any atom is -0.497 e. The van der Waals surface area contributed by atoms with Gasteiger partial charge in [-0.3, -0.25) is 10.1 Å². The number of anilines is 1. The quantitative estimate of drug-likeness (QED) is 0.413. The number of fused-ring (bicyclic) bond motifs is 1. The minimum atomic E-state index is -0.335. The third-order valence-electron chi connectivity index (χ3n) is 4.55. The van der Waals surface area contributed by atoms with Crippen LogP contribution in [-0.4, -0.2) is 30.2 Å². The highest BCUT2D eigenvalue weighted by molar-refractivity contribution is 7.80. The fourth-order valence-corrected chi connectivity index (χ4v) is 4.19. The molecule has 0 aliphatic carbocycles. The van der Waals surface area contributed by atoms with Crippen LogP contribution in [-0.2, 0) is 0 Å². The SMILES string of the molecule is COc1cccc(C(=O)NC(=S)Nc2cc(-c3nc4ccccc4s3)ccc2OC)c1. The van der Waals surface area contributed by atoms with Crippen molar-refractivity contribution < 1.29 is 14.3 Å². The molecule has 6 nitrogen and oxygen atoms in total. The lowest BCUT2D eigenvalue weighted by molar-refractivity contribution is 0.0977. The number of amides is 1. The van der Waals surface area contributed by atoms with Crippen molar-refractivity contribution in [3.05, 3.63) is 72.3 Å². The molecule has 0 bridgehead atoms. The van der Waals surface area contributed by atoms with Gasteiger partial charge in [-0.25, -0.2) is 4.98 Å². The van der Waals surface area contributed by atoms with Crippen molar-refractivity contribution in [2.45, 2.75) is 0 Å². The van der Waals surface area contributed by atoms with Gasteiger partial charge in [0.05, 0.1) is 30.1 Å². The van der Waals surface area contributed by atoms with Crippen LogP contribution in [0, 0.1) is 0 Å². The molecule has 0 radical (unpaired) electrons. The molecule has 4 rings (SSSR count). The maximum atomic E-state index is 12.5. The van der Waals surface area contributed by atoms with E-state index in [1.807, 2.05) is 42.5 Å². The highest BCUT2D eigenvalue weighted by Gasteiger charge is 2.13. The van der Waals surface area contributed by atoms with Gasteiger partial charge in [-0.2, -0.15) is 0 Å². The van der Waals surface area contributed by atoms with Crippen molar-refractivity contribution in [3.8, 4) is 22.1 Å². The molecule has 0 spiro atoms. The molecule has 8 heteroatoms. The number of rotatable bonds is 5. The number of nitrogens with one attached hydrogen (secondary N) is 2. The Morgan fingerprint density at radius 2 is 1.84 bits per heavy atom. The molecule has 0 aliphatic rings. The smallest absolute Gasteiger partial charge is 0.257 e. The summed E-state index contributed by atoms with van der Waals surface area (Å²) in [4.78, 5) is 17.2. The fourth-order valence-electron chi connectivity index (χ4n) is 3.03. The highest BCUT2D eigenvalue weighted by atomic mass is 32.1. The van der Waals surface area contributed by atoms with Gasteiger partial charge in [0.1, 0.15) is 16.5 Å². The number of hydrogen-bond donors (Lipinski definition) is 2. The van der Waals surface area contributed by atoms with Crippen LogP contribution < -0.4 is 20.1 Å². The van der Waals surface area contributed by atoms with Crippen LogP contribution in [0.1, 0.15) is 10.4 Å². The molecule has 0 saturated carbocycles. The van der Waals surface area contributed by atoms with Crippen LogP contribution in [0.3, 0.4) is 0 Å². The lowest BCUT2D eigenvalue weighted by Crippen LogP contribution is -2.34. The molecule has 156 valence electrons. The molecule has 31 heavy (non-hydrogen) atoms. The van der Waals surface area contributed by atoms with Gasteiger partial charge in [-0.1, -0.05) is 18.2 Å². The Morgan fingerprint density at radius 1 is 1.00 bits per heavy atom. The molecular formula is C23H19N3O3S2. The molecular weight excluding hydrogens is 430 g/mol. The third-order valence-corrected chi connectivity index (χ3v) is 5.84. The van der Waals surface area contributed by atoms with E-state index in [0.717, 1.165) is 20.8 Å². The molecule has 3 aromatic carbocycles. The zero-order valence-corrected chi connectivity index (χ0v) is 18.5. The van der Waals surface area contributed by atoms with Crippen molar-refractivity contribution >= 4 is 50.5 Å². The van der Waals surface area contributed by atoms with E-state index < -0.39 is 0 Å². The van der Waals surface area contributed by atoms with Gasteiger partial charge in [-0.05, 0) is 60.7 Å². The Morgan fingerprint density at radius 3 is 2.61 bits per heavy atom. The summed E-state index contributed by atoms with van der Waals surface area (Å²) in [7, 11) is 3.13. The summed E-state index contributed by atoms with van der Waals surface area (Å²) in [5.41, 5.74) is 2.95. The first kappa shape index (κ1) is 20.8. The highest BCUT2D eigenvalue weighted by Crippen LogP contribution is 2.34. The van der Waals surface area contributed by atoms with E-state index in [0.29, 0.717) is 22.7 Å². The Hall–Kier alpha value is -3.49. The first-order valence-corrected chi connectivity index (χ1v) is 10.6. The van der Waals surface area contributed by atoms with Gasteiger partial charge in [0.15, 0.2) is 5.11 Å². The van der Waals surface area contributed by atoms with Crippen LogP contribution in [0.4, 0.5) is 5.69 Å². The summed E-state index contributed by atoms with van der Waals surface area (Å²) in [5, 5.41) is 6.79. The molecule has 0 atom stereocenters. The number of benzene rings is 3. The Kier molecular flexibility index (Phi) is 6.11. The largest absolute Gasteiger partial charge is 0.497 e. The number of carbonyl (C=O) groups excluding carboxylic acids is 1. The first-order chi connectivity index (χ1) is 15.1. The predicted molar refractivity (Wildman–Crippen MR) is 128 cm³/mol. The van der Waals surface area contributed by atoms with E-state index in [2.05, 4.69) is 10.6 Å². The van der Waals surface area contributed by atoms with Crippen LogP contribution >= 0.6 is 23.6 Å². The summed E-state index contributed by atoms with van der Waals surface area (Å²) in [6, 6.07) is 20.5. The zero-order valence-electron chi connectivity index (χ0n) is 16.8. The Balaban J connectivity index is 1.54. The number of hydrogen-bond acceptors (Lipinski definition) is 6. The predicted octanol–water partition coefficient (Wildman–Crippen LogP) is 5.11. The number of thiocarbonyl (C=S) groups is 1. The molecule has 1 heterocycles. The molecule has 1 amide bonds. The van der Waals surface area contributed by atoms with Crippen molar-refractivity contribution in [1.82, 2.24) is 10.3 Å². The second-order valence-electron chi connectivity index (χ2n) is 6.54. The van der Waals surface area contributed by atoms with E-state index >= 15 is 0 Å². The van der Waals surface area contributed by atoms with E-state index in [1.165, 1.54) is 0 Å². The topological polar surface area (TPSA) is 72.5 Å².